The monoisotopic (exact) mass is 268 g/mol. The molecule has 0 aromatic rings. The van der Waals surface area contributed by atoms with E-state index in [4.69, 9.17) is 5.11 Å². The molecule has 3 fully saturated rings. The molecule has 3 saturated carbocycles. The molecule has 0 heterocycles. The first-order chi connectivity index (χ1) is 9.00. The van der Waals surface area contributed by atoms with Gasteiger partial charge in [-0.2, -0.15) is 0 Å². The smallest absolute Gasteiger partial charge is 0.0584 e. The van der Waals surface area contributed by atoms with Gasteiger partial charge in [-0.1, -0.05) is 27.7 Å². The highest BCUT2D eigenvalue weighted by molar-refractivity contribution is 5.06. The van der Waals surface area contributed by atoms with Crippen molar-refractivity contribution in [3.8, 4) is 0 Å². The summed E-state index contributed by atoms with van der Waals surface area (Å²) in [7, 11) is 0. The maximum atomic E-state index is 9.13. The predicted octanol–water partition coefficient (Wildman–Crippen LogP) is 2.01. The number of aliphatic hydroxyl groups is 1. The van der Waals surface area contributed by atoms with Crippen LogP contribution in [0.1, 0.15) is 47.0 Å². The maximum absolute atomic E-state index is 9.13. The number of hydrogen-bond donors (Lipinski definition) is 3. The Morgan fingerprint density at radius 3 is 2.53 bits per heavy atom. The van der Waals surface area contributed by atoms with Gasteiger partial charge in [0.05, 0.1) is 6.61 Å². The van der Waals surface area contributed by atoms with Crippen molar-refractivity contribution in [2.75, 3.05) is 19.7 Å². The molecule has 0 aliphatic heterocycles. The third-order valence-corrected chi connectivity index (χ3v) is 6.03. The van der Waals surface area contributed by atoms with E-state index in [-0.39, 0.29) is 12.6 Å². The largest absolute Gasteiger partial charge is 0.395 e. The molecule has 0 saturated heterocycles. The quantitative estimate of drug-likeness (QED) is 0.619. The fourth-order valence-corrected chi connectivity index (χ4v) is 4.29. The van der Waals surface area contributed by atoms with Crippen LogP contribution in [0.3, 0.4) is 0 Å². The van der Waals surface area contributed by atoms with E-state index < -0.39 is 0 Å². The number of nitrogens with one attached hydrogen (secondary N) is 2. The van der Waals surface area contributed by atoms with Crippen LogP contribution in [-0.2, 0) is 0 Å². The zero-order valence-corrected chi connectivity index (χ0v) is 13.1. The van der Waals surface area contributed by atoms with Gasteiger partial charge in [-0.15, -0.1) is 0 Å². The summed E-state index contributed by atoms with van der Waals surface area (Å²) in [6.07, 6.45) is 3.80. The fraction of sp³-hybridized carbons (Fsp3) is 1.00. The highest BCUT2D eigenvalue weighted by atomic mass is 16.3. The number of hydrogen-bond acceptors (Lipinski definition) is 3. The topological polar surface area (TPSA) is 44.3 Å². The summed E-state index contributed by atoms with van der Waals surface area (Å²) in [6.45, 7) is 11.7. The third-order valence-electron chi connectivity index (χ3n) is 6.03. The van der Waals surface area contributed by atoms with Crippen LogP contribution in [0.4, 0.5) is 0 Å². The van der Waals surface area contributed by atoms with Crippen molar-refractivity contribution in [2.24, 2.45) is 23.2 Å². The Bertz CT molecular complexity index is 288. The van der Waals surface area contributed by atoms with Crippen molar-refractivity contribution >= 4 is 0 Å². The molecule has 0 amide bonds. The second-order valence-electron chi connectivity index (χ2n) is 7.26. The summed E-state index contributed by atoms with van der Waals surface area (Å²) in [4.78, 5) is 0. The van der Waals surface area contributed by atoms with E-state index >= 15 is 0 Å². The van der Waals surface area contributed by atoms with Crippen LogP contribution >= 0.6 is 0 Å². The predicted molar refractivity (Wildman–Crippen MR) is 80.1 cm³/mol. The SMILES string of the molecule is CCC(CO)NCCN[C@@H]1CC2C[C@@H]([C@H]1C)C2(C)C. The molecule has 5 atom stereocenters. The van der Waals surface area contributed by atoms with Crippen molar-refractivity contribution < 1.29 is 5.11 Å². The molecular weight excluding hydrogens is 236 g/mol. The summed E-state index contributed by atoms with van der Waals surface area (Å²) >= 11 is 0. The van der Waals surface area contributed by atoms with Gasteiger partial charge >= 0.3 is 0 Å². The number of aliphatic hydroxyl groups excluding tert-OH is 1. The van der Waals surface area contributed by atoms with Crippen LogP contribution in [0.25, 0.3) is 0 Å². The van der Waals surface area contributed by atoms with Gasteiger partial charge < -0.3 is 15.7 Å². The Balaban J connectivity index is 1.68. The second kappa shape index (κ2) is 6.11. The van der Waals surface area contributed by atoms with Gasteiger partial charge in [-0.25, -0.2) is 0 Å². The molecule has 2 bridgehead atoms. The summed E-state index contributed by atoms with van der Waals surface area (Å²) in [6, 6.07) is 0.964. The van der Waals surface area contributed by atoms with Crippen LogP contribution in [0, 0.1) is 23.2 Å². The molecule has 3 rings (SSSR count). The van der Waals surface area contributed by atoms with Gasteiger partial charge in [0.15, 0.2) is 0 Å². The van der Waals surface area contributed by atoms with E-state index in [9.17, 15) is 0 Å². The summed E-state index contributed by atoms with van der Waals surface area (Å²) in [5, 5.41) is 16.3. The van der Waals surface area contributed by atoms with Crippen molar-refractivity contribution in [1.29, 1.82) is 0 Å². The van der Waals surface area contributed by atoms with Gasteiger partial charge in [0.1, 0.15) is 0 Å². The Kier molecular flexibility index (Phi) is 4.91. The number of rotatable bonds is 7. The first kappa shape index (κ1) is 15.3. The van der Waals surface area contributed by atoms with E-state index in [1.165, 1.54) is 12.8 Å². The van der Waals surface area contributed by atoms with E-state index in [2.05, 4.69) is 38.3 Å². The first-order valence-corrected chi connectivity index (χ1v) is 8.08. The summed E-state index contributed by atoms with van der Waals surface area (Å²) in [5.74, 6) is 2.65. The Morgan fingerprint density at radius 1 is 1.26 bits per heavy atom. The van der Waals surface area contributed by atoms with Gasteiger partial charge in [0.2, 0.25) is 0 Å². The Labute approximate surface area is 118 Å². The van der Waals surface area contributed by atoms with Crippen molar-refractivity contribution in [3.63, 3.8) is 0 Å². The molecule has 3 nitrogen and oxygen atoms in total. The molecule has 3 aliphatic carbocycles. The highest BCUT2D eigenvalue weighted by Gasteiger charge is 2.55. The molecule has 112 valence electrons. The van der Waals surface area contributed by atoms with E-state index in [0.717, 1.165) is 37.3 Å². The molecule has 3 N–H and O–H groups in total. The highest BCUT2D eigenvalue weighted by Crippen LogP contribution is 2.61. The molecule has 19 heavy (non-hydrogen) atoms. The van der Waals surface area contributed by atoms with Crippen LogP contribution < -0.4 is 10.6 Å². The fourth-order valence-electron chi connectivity index (χ4n) is 4.29. The van der Waals surface area contributed by atoms with Gasteiger partial charge in [0, 0.05) is 25.2 Å². The second-order valence-corrected chi connectivity index (χ2v) is 7.26. The first-order valence-electron chi connectivity index (χ1n) is 8.08. The van der Waals surface area contributed by atoms with Crippen LogP contribution in [0.5, 0.6) is 0 Å². The van der Waals surface area contributed by atoms with E-state index in [1.807, 2.05) is 0 Å². The average molecular weight is 268 g/mol. The van der Waals surface area contributed by atoms with Gasteiger partial charge in [-0.3, -0.25) is 0 Å². The lowest BCUT2D eigenvalue weighted by atomic mass is 9.45. The summed E-state index contributed by atoms with van der Waals surface area (Å²) in [5.41, 5.74) is 0.583. The molecule has 0 radical (unpaired) electrons. The van der Waals surface area contributed by atoms with Crippen molar-refractivity contribution in [1.82, 2.24) is 10.6 Å². The molecule has 3 aliphatic rings. The lowest BCUT2D eigenvalue weighted by Gasteiger charge is -2.62. The average Bonchev–Trinajstić information content (AvgIpc) is 2.39. The standard InChI is InChI=1S/C16H32N2O/c1-5-13(10-19)17-6-7-18-15-9-12-8-14(11(15)2)16(12,3)4/h11-15,17-19H,5-10H2,1-4H3/t11-,12?,13?,14+,15-/m1/s1. The lowest BCUT2D eigenvalue weighted by molar-refractivity contribution is -0.114. The number of fused-ring (bicyclic) bond motifs is 2. The molecule has 2 unspecified atom stereocenters. The minimum Gasteiger partial charge on any atom is -0.395 e. The molecule has 0 aromatic heterocycles. The maximum Gasteiger partial charge on any atom is 0.0584 e. The third kappa shape index (κ3) is 2.98. The van der Waals surface area contributed by atoms with E-state index in [0.29, 0.717) is 11.5 Å². The van der Waals surface area contributed by atoms with Crippen molar-refractivity contribution in [3.05, 3.63) is 0 Å². The minimum atomic E-state index is 0.245. The minimum absolute atomic E-state index is 0.245. The van der Waals surface area contributed by atoms with Crippen LogP contribution in [-0.4, -0.2) is 36.9 Å². The summed E-state index contributed by atoms with van der Waals surface area (Å²) < 4.78 is 0. The normalized spacial score (nSPS) is 37.7. The molecule has 0 aromatic carbocycles. The van der Waals surface area contributed by atoms with E-state index in [1.54, 1.807) is 0 Å². The molecular formula is C16H32N2O. The Morgan fingerprint density at radius 2 is 2.00 bits per heavy atom. The molecule has 0 spiro atoms. The zero-order valence-electron chi connectivity index (χ0n) is 13.1. The van der Waals surface area contributed by atoms with Gasteiger partial charge in [-0.05, 0) is 42.4 Å². The van der Waals surface area contributed by atoms with Crippen LogP contribution in [0.2, 0.25) is 0 Å². The molecule has 3 heteroatoms. The van der Waals surface area contributed by atoms with Crippen LogP contribution in [0.15, 0.2) is 0 Å². The van der Waals surface area contributed by atoms with Gasteiger partial charge in [0.25, 0.3) is 0 Å². The lowest BCUT2D eigenvalue weighted by Crippen LogP contribution is -2.60. The van der Waals surface area contributed by atoms with Crippen molar-refractivity contribution in [2.45, 2.75) is 59.0 Å². The zero-order chi connectivity index (χ0) is 14.0. The Hall–Kier alpha value is -0.120.